The van der Waals surface area contributed by atoms with E-state index in [0.29, 0.717) is 11.3 Å². The van der Waals surface area contributed by atoms with Gasteiger partial charge < -0.3 is 15.0 Å². The van der Waals surface area contributed by atoms with E-state index in [4.69, 9.17) is 4.74 Å². The summed E-state index contributed by atoms with van der Waals surface area (Å²) in [7, 11) is 0. The normalized spacial score (nSPS) is 16.2. The fourth-order valence-electron chi connectivity index (χ4n) is 3.40. The van der Waals surface area contributed by atoms with Gasteiger partial charge in [-0.1, -0.05) is 29.8 Å². The molecule has 1 fully saturated rings. The van der Waals surface area contributed by atoms with Gasteiger partial charge >= 0.3 is 5.97 Å². The van der Waals surface area contributed by atoms with Gasteiger partial charge in [0.15, 0.2) is 0 Å². The first kappa shape index (κ1) is 19.6. The lowest BCUT2D eigenvalue weighted by molar-refractivity contribution is -0.122. The molecule has 2 aromatic rings. The van der Waals surface area contributed by atoms with Crippen molar-refractivity contribution in [1.29, 1.82) is 0 Å². The molecule has 6 nitrogen and oxygen atoms in total. The Morgan fingerprint density at radius 1 is 1.18 bits per heavy atom. The molecular formula is C22H24N2O4. The van der Waals surface area contributed by atoms with Crippen molar-refractivity contribution in [2.45, 2.75) is 27.2 Å². The van der Waals surface area contributed by atoms with E-state index < -0.39 is 11.9 Å². The van der Waals surface area contributed by atoms with Crippen molar-refractivity contribution in [2.24, 2.45) is 5.92 Å². The predicted octanol–water partition coefficient (Wildman–Crippen LogP) is 3.47. The Morgan fingerprint density at radius 2 is 1.93 bits per heavy atom. The van der Waals surface area contributed by atoms with E-state index in [9.17, 15) is 14.4 Å². The van der Waals surface area contributed by atoms with Crippen LogP contribution in [0.3, 0.4) is 0 Å². The molecule has 0 radical (unpaired) electrons. The summed E-state index contributed by atoms with van der Waals surface area (Å²) in [5.74, 6) is -1.34. The number of carbonyl (C=O) groups is 3. The topological polar surface area (TPSA) is 75.7 Å². The van der Waals surface area contributed by atoms with Crippen LogP contribution in [0, 0.1) is 19.8 Å². The van der Waals surface area contributed by atoms with Crippen molar-refractivity contribution in [3.63, 3.8) is 0 Å². The first-order chi connectivity index (χ1) is 13.4. The predicted molar refractivity (Wildman–Crippen MR) is 107 cm³/mol. The van der Waals surface area contributed by atoms with E-state index in [1.54, 1.807) is 31.2 Å². The number of esters is 1. The largest absolute Gasteiger partial charge is 0.462 e. The van der Waals surface area contributed by atoms with Gasteiger partial charge in [0.05, 0.1) is 23.8 Å². The Labute approximate surface area is 164 Å². The summed E-state index contributed by atoms with van der Waals surface area (Å²) in [6.07, 6.45) is 0.105. The first-order valence-corrected chi connectivity index (χ1v) is 9.35. The fourth-order valence-corrected chi connectivity index (χ4v) is 3.40. The number of hydrogen-bond donors (Lipinski definition) is 1. The van der Waals surface area contributed by atoms with Crippen LogP contribution in [0.15, 0.2) is 42.5 Å². The lowest BCUT2D eigenvalue weighted by Crippen LogP contribution is -2.29. The van der Waals surface area contributed by atoms with Crippen molar-refractivity contribution in [3.05, 3.63) is 59.2 Å². The Bertz CT molecular complexity index is 923. The summed E-state index contributed by atoms with van der Waals surface area (Å²) in [6.45, 7) is 6.14. The molecule has 0 saturated carbocycles. The molecule has 1 aliphatic heterocycles. The fraction of sp³-hybridized carbons (Fsp3) is 0.318. The Kier molecular flexibility index (Phi) is 5.78. The number of para-hydroxylation sites is 1. The summed E-state index contributed by atoms with van der Waals surface area (Å²) >= 11 is 0. The maximum Gasteiger partial charge on any atom is 0.340 e. The number of rotatable bonds is 5. The van der Waals surface area contributed by atoms with Gasteiger partial charge in [-0.2, -0.15) is 0 Å². The van der Waals surface area contributed by atoms with Crippen molar-refractivity contribution < 1.29 is 19.1 Å². The molecule has 1 saturated heterocycles. The van der Waals surface area contributed by atoms with Crippen LogP contribution in [0.2, 0.25) is 0 Å². The number of benzene rings is 2. The average molecular weight is 380 g/mol. The van der Waals surface area contributed by atoms with Gasteiger partial charge in [-0.25, -0.2) is 4.79 Å². The quantitative estimate of drug-likeness (QED) is 0.806. The molecule has 1 aliphatic rings. The van der Waals surface area contributed by atoms with Gasteiger partial charge in [0.2, 0.25) is 11.8 Å². The van der Waals surface area contributed by atoms with Crippen molar-refractivity contribution in [1.82, 2.24) is 0 Å². The van der Waals surface area contributed by atoms with Crippen LogP contribution in [-0.4, -0.2) is 30.9 Å². The summed E-state index contributed by atoms with van der Waals surface area (Å²) in [5.41, 5.74) is 3.64. The van der Waals surface area contributed by atoms with Gasteiger partial charge in [0.1, 0.15) is 0 Å². The minimum atomic E-state index is -0.483. The molecule has 0 aliphatic carbocycles. The van der Waals surface area contributed by atoms with Crippen LogP contribution in [-0.2, 0) is 14.3 Å². The summed E-state index contributed by atoms with van der Waals surface area (Å²) in [5, 5.41) is 2.92. The van der Waals surface area contributed by atoms with Crippen molar-refractivity contribution >= 4 is 29.2 Å². The molecule has 1 unspecified atom stereocenters. The van der Waals surface area contributed by atoms with E-state index in [1.165, 1.54) is 4.90 Å². The highest BCUT2D eigenvalue weighted by atomic mass is 16.5. The summed E-state index contributed by atoms with van der Waals surface area (Å²) in [6, 6.07) is 12.6. The molecular weight excluding hydrogens is 356 g/mol. The van der Waals surface area contributed by atoms with Gasteiger partial charge in [-0.15, -0.1) is 0 Å². The molecule has 3 rings (SSSR count). The van der Waals surface area contributed by atoms with Crippen molar-refractivity contribution in [3.8, 4) is 0 Å². The third-order valence-corrected chi connectivity index (χ3v) is 4.83. The third-order valence-electron chi connectivity index (χ3n) is 4.83. The first-order valence-electron chi connectivity index (χ1n) is 9.35. The molecule has 0 bridgehead atoms. The molecule has 0 aromatic heterocycles. The number of ether oxygens (including phenoxy) is 1. The highest BCUT2D eigenvalue weighted by molar-refractivity contribution is 6.07. The van der Waals surface area contributed by atoms with Crippen molar-refractivity contribution in [2.75, 3.05) is 23.4 Å². The lowest BCUT2D eigenvalue weighted by atomic mass is 10.1. The zero-order chi connectivity index (χ0) is 20.3. The average Bonchev–Trinajstić information content (AvgIpc) is 3.06. The second-order valence-electron chi connectivity index (χ2n) is 6.95. The smallest absolute Gasteiger partial charge is 0.340 e. The van der Waals surface area contributed by atoms with Crippen LogP contribution in [0.25, 0.3) is 0 Å². The molecule has 1 heterocycles. The number of nitrogens with zero attached hydrogens (tertiary/aromatic N) is 1. The monoisotopic (exact) mass is 380 g/mol. The minimum absolute atomic E-state index is 0.105. The second-order valence-corrected chi connectivity index (χ2v) is 6.95. The van der Waals surface area contributed by atoms with Gasteiger partial charge in [-0.3, -0.25) is 9.59 Å². The van der Waals surface area contributed by atoms with Gasteiger partial charge in [-0.05, 0) is 44.5 Å². The van der Waals surface area contributed by atoms with E-state index in [1.807, 2.05) is 32.0 Å². The standard InChI is InChI=1S/C22H24N2O4/c1-4-28-22(27)17-7-5-6-8-19(17)24-13-16(12-20(24)25)21(26)23-18-10-9-14(2)11-15(18)3/h5-11,16H,4,12-13H2,1-3H3,(H,23,26). The Balaban J connectivity index is 1.77. The maximum atomic E-state index is 12.7. The molecule has 146 valence electrons. The number of nitrogens with one attached hydrogen (secondary N) is 1. The van der Waals surface area contributed by atoms with Crippen LogP contribution >= 0.6 is 0 Å². The van der Waals surface area contributed by atoms with E-state index in [2.05, 4.69) is 5.32 Å². The summed E-state index contributed by atoms with van der Waals surface area (Å²) in [4.78, 5) is 39.0. The Morgan fingerprint density at radius 3 is 2.64 bits per heavy atom. The number of aryl methyl sites for hydroxylation is 2. The number of amides is 2. The van der Waals surface area contributed by atoms with E-state index in [0.717, 1.165) is 16.8 Å². The number of hydrogen-bond acceptors (Lipinski definition) is 4. The lowest BCUT2D eigenvalue weighted by Gasteiger charge is -2.19. The van der Waals surface area contributed by atoms with Crippen LogP contribution in [0.1, 0.15) is 34.8 Å². The minimum Gasteiger partial charge on any atom is -0.462 e. The van der Waals surface area contributed by atoms with Gasteiger partial charge in [0, 0.05) is 18.7 Å². The molecule has 2 amide bonds. The zero-order valence-electron chi connectivity index (χ0n) is 16.3. The van der Waals surface area contributed by atoms with Crippen LogP contribution in [0.4, 0.5) is 11.4 Å². The highest BCUT2D eigenvalue weighted by Gasteiger charge is 2.36. The van der Waals surface area contributed by atoms with Crippen LogP contribution < -0.4 is 10.2 Å². The molecule has 2 aromatic carbocycles. The highest BCUT2D eigenvalue weighted by Crippen LogP contribution is 2.29. The molecule has 6 heteroatoms. The molecule has 28 heavy (non-hydrogen) atoms. The molecule has 0 spiro atoms. The SMILES string of the molecule is CCOC(=O)c1ccccc1N1CC(C(=O)Nc2ccc(C)cc2C)CC1=O. The Hall–Kier alpha value is -3.15. The maximum absolute atomic E-state index is 12.7. The summed E-state index contributed by atoms with van der Waals surface area (Å²) < 4.78 is 5.08. The van der Waals surface area contributed by atoms with Crippen LogP contribution in [0.5, 0.6) is 0 Å². The zero-order valence-corrected chi connectivity index (χ0v) is 16.3. The second kappa shape index (κ2) is 8.25. The molecule has 1 N–H and O–H groups in total. The number of anilines is 2. The van der Waals surface area contributed by atoms with Gasteiger partial charge in [0.25, 0.3) is 0 Å². The number of carbonyl (C=O) groups excluding carboxylic acids is 3. The van der Waals surface area contributed by atoms with E-state index in [-0.39, 0.29) is 31.4 Å². The molecule has 1 atom stereocenters. The third kappa shape index (κ3) is 4.06. The van der Waals surface area contributed by atoms with E-state index >= 15 is 0 Å².